The lowest BCUT2D eigenvalue weighted by molar-refractivity contribution is -0.134. The zero-order valence-electron chi connectivity index (χ0n) is 11.3. The van der Waals surface area contributed by atoms with Gasteiger partial charge in [0.2, 0.25) is 0 Å². The zero-order chi connectivity index (χ0) is 15.2. The second-order valence-electron chi connectivity index (χ2n) is 4.89. The van der Waals surface area contributed by atoms with Crippen molar-refractivity contribution >= 4 is 5.91 Å². The van der Waals surface area contributed by atoms with E-state index in [1.807, 2.05) is 18.1 Å². The Bertz CT molecular complexity index is 549. The van der Waals surface area contributed by atoms with Gasteiger partial charge in [-0.05, 0) is 42.9 Å². The van der Waals surface area contributed by atoms with Crippen molar-refractivity contribution in [1.29, 1.82) is 0 Å². The zero-order valence-corrected chi connectivity index (χ0v) is 11.3. The van der Waals surface area contributed by atoms with E-state index in [0.717, 1.165) is 18.4 Å². The van der Waals surface area contributed by atoms with Crippen molar-refractivity contribution in [3.05, 3.63) is 35.4 Å². The standard InChI is InChI=1S/C15H16F2N2O2/c16-14(17)8-6-11-3-1-10(2-4-11)5-7-12-9-13(20)15(21)19-18-12/h1-4,12-14,18,20H,5,7,9H2,(H,19,21). The van der Waals surface area contributed by atoms with Crippen molar-refractivity contribution in [2.75, 3.05) is 0 Å². The number of halogens is 2. The summed E-state index contributed by atoms with van der Waals surface area (Å²) in [5, 5.41) is 9.46. The second kappa shape index (κ2) is 7.16. The van der Waals surface area contributed by atoms with Crippen LogP contribution in [0.1, 0.15) is 24.0 Å². The largest absolute Gasteiger partial charge is 0.383 e. The molecule has 3 N–H and O–H groups in total. The van der Waals surface area contributed by atoms with Gasteiger partial charge < -0.3 is 5.11 Å². The molecule has 6 heteroatoms. The van der Waals surface area contributed by atoms with Crippen LogP contribution in [0.15, 0.2) is 24.3 Å². The molecule has 0 aliphatic carbocycles. The number of aliphatic hydroxyl groups is 1. The van der Waals surface area contributed by atoms with Gasteiger partial charge in [0.05, 0.1) is 0 Å². The molecule has 1 amide bonds. The number of aliphatic hydroxyl groups excluding tert-OH is 1. The van der Waals surface area contributed by atoms with E-state index in [9.17, 15) is 18.7 Å². The van der Waals surface area contributed by atoms with E-state index in [2.05, 4.69) is 16.8 Å². The summed E-state index contributed by atoms with van der Waals surface area (Å²) >= 11 is 0. The number of nitrogens with one attached hydrogen (secondary N) is 2. The lowest BCUT2D eigenvalue weighted by atomic mass is 9.99. The molecule has 2 unspecified atom stereocenters. The number of carbonyl (C=O) groups is 1. The van der Waals surface area contributed by atoms with E-state index in [4.69, 9.17) is 0 Å². The first-order valence-corrected chi connectivity index (χ1v) is 6.66. The fraction of sp³-hybridized carbons (Fsp3) is 0.400. The minimum absolute atomic E-state index is 0.0102. The number of rotatable bonds is 3. The number of hydrogen-bond donors (Lipinski definition) is 3. The highest BCUT2D eigenvalue weighted by molar-refractivity contribution is 5.80. The average molecular weight is 294 g/mol. The number of benzene rings is 1. The van der Waals surface area contributed by atoms with Crippen LogP contribution in [-0.4, -0.2) is 29.6 Å². The molecule has 1 aromatic rings. The van der Waals surface area contributed by atoms with Gasteiger partial charge in [-0.1, -0.05) is 18.1 Å². The van der Waals surface area contributed by atoms with Crippen LogP contribution >= 0.6 is 0 Å². The minimum Gasteiger partial charge on any atom is -0.383 e. The Morgan fingerprint density at radius 3 is 2.67 bits per heavy atom. The first kappa shape index (κ1) is 15.4. The molecule has 1 aliphatic rings. The Labute approximate surface area is 121 Å². The number of hydrogen-bond acceptors (Lipinski definition) is 3. The summed E-state index contributed by atoms with van der Waals surface area (Å²) in [6.07, 6.45) is -1.71. The molecule has 1 aliphatic heterocycles. The topological polar surface area (TPSA) is 61.4 Å². The molecule has 1 heterocycles. The van der Waals surface area contributed by atoms with E-state index in [1.165, 1.54) is 0 Å². The van der Waals surface area contributed by atoms with E-state index >= 15 is 0 Å². The van der Waals surface area contributed by atoms with Gasteiger partial charge in [-0.25, -0.2) is 5.43 Å². The number of hydrazine groups is 1. The van der Waals surface area contributed by atoms with Crippen molar-refractivity contribution in [2.24, 2.45) is 0 Å². The van der Waals surface area contributed by atoms with Gasteiger partial charge >= 0.3 is 0 Å². The van der Waals surface area contributed by atoms with Crippen molar-refractivity contribution in [2.45, 2.75) is 37.8 Å². The summed E-state index contributed by atoms with van der Waals surface area (Å²) in [6, 6.07) is 7.10. The number of alkyl halides is 2. The lowest BCUT2D eigenvalue weighted by Crippen LogP contribution is -2.55. The average Bonchev–Trinajstić information content (AvgIpc) is 2.47. The Balaban J connectivity index is 1.84. The molecular formula is C15H16F2N2O2. The fourth-order valence-electron chi connectivity index (χ4n) is 2.12. The summed E-state index contributed by atoms with van der Waals surface area (Å²) in [4.78, 5) is 11.1. The van der Waals surface area contributed by atoms with Crippen molar-refractivity contribution < 1.29 is 18.7 Å². The molecule has 1 saturated heterocycles. The van der Waals surface area contributed by atoms with Crippen LogP contribution in [-0.2, 0) is 11.2 Å². The van der Waals surface area contributed by atoms with Crippen LogP contribution in [0.2, 0.25) is 0 Å². The molecule has 0 aromatic heterocycles. The second-order valence-corrected chi connectivity index (χ2v) is 4.89. The van der Waals surface area contributed by atoms with Crippen LogP contribution in [0, 0.1) is 11.8 Å². The summed E-state index contributed by atoms with van der Waals surface area (Å²) in [5.74, 6) is 3.80. The third-order valence-corrected chi connectivity index (χ3v) is 3.27. The minimum atomic E-state index is -2.62. The van der Waals surface area contributed by atoms with Gasteiger partial charge in [-0.15, -0.1) is 0 Å². The molecule has 1 fully saturated rings. The summed E-state index contributed by atoms with van der Waals surface area (Å²) in [6.45, 7) is 0. The lowest BCUT2D eigenvalue weighted by Gasteiger charge is -2.27. The van der Waals surface area contributed by atoms with Crippen LogP contribution in [0.3, 0.4) is 0 Å². The van der Waals surface area contributed by atoms with Crippen LogP contribution in [0.25, 0.3) is 0 Å². The Morgan fingerprint density at radius 2 is 2.05 bits per heavy atom. The van der Waals surface area contributed by atoms with E-state index < -0.39 is 18.4 Å². The molecule has 1 aromatic carbocycles. The molecule has 0 bridgehead atoms. The molecule has 112 valence electrons. The van der Waals surface area contributed by atoms with Crippen LogP contribution in [0.4, 0.5) is 8.78 Å². The number of carbonyl (C=O) groups excluding carboxylic acids is 1. The van der Waals surface area contributed by atoms with Gasteiger partial charge in [-0.3, -0.25) is 10.2 Å². The van der Waals surface area contributed by atoms with Gasteiger partial charge in [-0.2, -0.15) is 8.78 Å². The summed E-state index contributed by atoms with van der Waals surface area (Å²) < 4.78 is 23.9. The van der Waals surface area contributed by atoms with Gasteiger partial charge in [0.15, 0.2) is 0 Å². The van der Waals surface area contributed by atoms with E-state index in [0.29, 0.717) is 12.0 Å². The highest BCUT2D eigenvalue weighted by atomic mass is 19.3. The molecule has 4 nitrogen and oxygen atoms in total. The normalized spacial score (nSPS) is 21.6. The predicted octanol–water partition coefficient (Wildman–Crippen LogP) is 0.990. The Morgan fingerprint density at radius 1 is 1.33 bits per heavy atom. The van der Waals surface area contributed by atoms with Crippen molar-refractivity contribution in [3.63, 3.8) is 0 Å². The molecule has 0 radical (unpaired) electrons. The monoisotopic (exact) mass is 294 g/mol. The fourth-order valence-corrected chi connectivity index (χ4v) is 2.12. The summed E-state index contributed by atoms with van der Waals surface area (Å²) in [5.41, 5.74) is 6.88. The molecule has 0 spiro atoms. The molecule has 2 rings (SSSR count). The van der Waals surface area contributed by atoms with Crippen molar-refractivity contribution in [3.8, 4) is 11.8 Å². The molecule has 0 saturated carbocycles. The van der Waals surface area contributed by atoms with Gasteiger partial charge in [0.25, 0.3) is 12.3 Å². The SMILES string of the molecule is O=C1NNC(CCc2ccc(C#CC(F)F)cc2)CC1O. The quantitative estimate of drug-likeness (QED) is 0.729. The van der Waals surface area contributed by atoms with E-state index in [1.54, 1.807) is 12.1 Å². The Kier molecular flexibility index (Phi) is 5.26. The maximum Gasteiger partial charge on any atom is 0.299 e. The number of aryl methyl sites for hydroxylation is 1. The summed E-state index contributed by atoms with van der Waals surface area (Å²) in [7, 11) is 0. The third kappa shape index (κ3) is 4.81. The van der Waals surface area contributed by atoms with Gasteiger partial charge in [0.1, 0.15) is 6.10 Å². The molecule has 21 heavy (non-hydrogen) atoms. The molecule has 2 atom stereocenters. The molecular weight excluding hydrogens is 278 g/mol. The first-order valence-electron chi connectivity index (χ1n) is 6.66. The maximum absolute atomic E-state index is 12.0. The maximum atomic E-state index is 12.0. The van der Waals surface area contributed by atoms with E-state index in [-0.39, 0.29) is 6.04 Å². The number of amides is 1. The first-order chi connectivity index (χ1) is 10.0. The third-order valence-electron chi connectivity index (χ3n) is 3.27. The Hall–Kier alpha value is -1.97. The van der Waals surface area contributed by atoms with Crippen LogP contribution < -0.4 is 10.9 Å². The smallest absolute Gasteiger partial charge is 0.299 e. The highest BCUT2D eigenvalue weighted by Gasteiger charge is 2.25. The van der Waals surface area contributed by atoms with Crippen molar-refractivity contribution in [1.82, 2.24) is 10.9 Å². The van der Waals surface area contributed by atoms with Crippen LogP contribution in [0.5, 0.6) is 0 Å². The highest BCUT2D eigenvalue weighted by Crippen LogP contribution is 2.12. The van der Waals surface area contributed by atoms with Gasteiger partial charge in [0, 0.05) is 11.6 Å². The predicted molar refractivity (Wildman–Crippen MR) is 73.3 cm³/mol.